The Morgan fingerprint density at radius 2 is 1.78 bits per heavy atom. The number of allylic oxidation sites excluding steroid dienone is 1. The van der Waals surface area contributed by atoms with Crippen LogP contribution in [0.15, 0.2) is 38.9 Å². The maximum absolute atomic E-state index is 13.5. The van der Waals surface area contributed by atoms with E-state index in [1.807, 2.05) is 0 Å². The first-order chi connectivity index (χ1) is 15.1. The third-order valence-corrected chi connectivity index (χ3v) is 7.20. The Hall–Kier alpha value is -2.23. The van der Waals surface area contributed by atoms with Gasteiger partial charge in [-0.2, -0.15) is 0 Å². The fourth-order valence-corrected chi connectivity index (χ4v) is 5.49. The number of hydrogen-bond acceptors (Lipinski definition) is 7. The van der Waals surface area contributed by atoms with Gasteiger partial charge in [0.05, 0.1) is 23.2 Å². The van der Waals surface area contributed by atoms with Crippen molar-refractivity contribution in [2.24, 2.45) is 5.92 Å². The van der Waals surface area contributed by atoms with Gasteiger partial charge in [-0.25, -0.2) is 0 Å². The zero-order valence-electron chi connectivity index (χ0n) is 17.2. The second kappa shape index (κ2) is 8.28. The summed E-state index contributed by atoms with van der Waals surface area (Å²) in [5.41, 5.74) is -0.331. The van der Waals surface area contributed by atoms with Gasteiger partial charge in [0.15, 0.2) is 5.75 Å². The molecule has 2 aromatic rings. The highest BCUT2D eigenvalue weighted by Gasteiger charge is 2.60. The van der Waals surface area contributed by atoms with Crippen LogP contribution in [0.1, 0.15) is 23.7 Å². The molecule has 168 valence electrons. The highest BCUT2D eigenvalue weighted by atomic mass is 79.9. The third-order valence-electron chi connectivity index (χ3n) is 5.63. The quantitative estimate of drug-likeness (QED) is 0.360. The Labute approximate surface area is 205 Å². The molecule has 1 heterocycles. The third kappa shape index (κ3) is 3.38. The van der Waals surface area contributed by atoms with Crippen molar-refractivity contribution < 1.29 is 28.9 Å². The molecule has 2 aliphatic rings. The molecular formula is C22H18Br2ClNO6. The van der Waals surface area contributed by atoms with Crippen LogP contribution in [0.3, 0.4) is 0 Å². The van der Waals surface area contributed by atoms with Gasteiger partial charge in [0, 0.05) is 29.4 Å². The first-order valence-corrected chi connectivity index (χ1v) is 11.5. The van der Waals surface area contributed by atoms with E-state index in [1.165, 1.54) is 26.4 Å². The van der Waals surface area contributed by atoms with E-state index in [0.29, 0.717) is 26.8 Å². The van der Waals surface area contributed by atoms with Gasteiger partial charge in [0.2, 0.25) is 17.2 Å². The van der Waals surface area contributed by atoms with Gasteiger partial charge in [0.25, 0.3) is 0 Å². The van der Waals surface area contributed by atoms with Crippen molar-refractivity contribution in [2.45, 2.75) is 18.9 Å². The molecule has 10 heteroatoms. The minimum Gasteiger partial charge on any atom is -0.506 e. The molecule has 0 radical (unpaired) electrons. The lowest BCUT2D eigenvalue weighted by Crippen LogP contribution is -2.55. The van der Waals surface area contributed by atoms with Crippen LogP contribution in [0, 0.1) is 5.92 Å². The smallest absolute Gasteiger partial charge is 0.236 e. The van der Waals surface area contributed by atoms with E-state index in [0.717, 1.165) is 0 Å². The first-order valence-electron chi connectivity index (χ1n) is 9.52. The fraction of sp³-hybridized carbons (Fsp3) is 0.273. The number of nitrogens with one attached hydrogen (secondary N) is 1. The highest BCUT2D eigenvalue weighted by molar-refractivity contribution is 9.11. The lowest BCUT2D eigenvalue weighted by molar-refractivity contribution is -0.129. The van der Waals surface area contributed by atoms with Crippen LogP contribution in [0.4, 0.5) is 5.69 Å². The van der Waals surface area contributed by atoms with Crippen LogP contribution in [0.5, 0.6) is 23.0 Å². The van der Waals surface area contributed by atoms with Crippen molar-refractivity contribution >= 4 is 60.7 Å². The van der Waals surface area contributed by atoms with Crippen LogP contribution < -0.4 is 19.5 Å². The van der Waals surface area contributed by atoms with E-state index in [4.69, 9.17) is 25.8 Å². The molecule has 32 heavy (non-hydrogen) atoms. The molecule has 2 unspecified atom stereocenters. The maximum atomic E-state index is 13.5. The van der Waals surface area contributed by atoms with E-state index in [2.05, 4.69) is 37.2 Å². The predicted molar refractivity (Wildman–Crippen MR) is 126 cm³/mol. The molecule has 7 nitrogen and oxygen atoms in total. The average molecular weight is 588 g/mol. The van der Waals surface area contributed by atoms with Crippen LogP contribution >= 0.6 is 43.5 Å². The normalized spacial score (nSPS) is 21.8. The Balaban J connectivity index is 1.72. The molecule has 2 aromatic carbocycles. The fourth-order valence-electron chi connectivity index (χ4n) is 4.04. The van der Waals surface area contributed by atoms with Crippen LogP contribution in [-0.4, -0.2) is 36.5 Å². The molecule has 2 N–H and O–H groups in total. The number of carbonyl (C=O) groups is 2. The number of ketones is 2. The number of benzene rings is 2. The minimum atomic E-state index is -1.73. The summed E-state index contributed by atoms with van der Waals surface area (Å²) in [6.45, 7) is 1.77. The largest absolute Gasteiger partial charge is 0.506 e. The Morgan fingerprint density at radius 1 is 1.16 bits per heavy atom. The number of anilines is 1. The van der Waals surface area contributed by atoms with E-state index in [-0.39, 0.29) is 33.6 Å². The molecule has 0 saturated carbocycles. The lowest BCUT2D eigenvalue weighted by atomic mass is 9.74. The summed E-state index contributed by atoms with van der Waals surface area (Å²) in [6, 6.07) is 4.87. The minimum absolute atomic E-state index is 0.0699. The Kier molecular flexibility index (Phi) is 5.94. The van der Waals surface area contributed by atoms with Crippen molar-refractivity contribution in [2.75, 3.05) is 19.5 Å². The second-order valence-electron chi connectivity index (χ2n) is 7.52. The van der Waals surface area contributed by atoms with E-state index >= 15 is 0 Å². The van der Waals surface area contributed by atoms with Crippen molar-refractivity contribution in [3.05, 3.63) is 49.5 Å². The predicted octanol–water partition coefficient (Wildman–Crippen LogP) is 5.51. The SMILES string of the molecule is COc1cc(OC)c2c(c1Cl)OC1(C(=O)C=C(Nc3cc(Br)c(O)c(Br)c3)CC1C)C2=O. The highest BCUT2D eigenvalue weighted by Crippen LogP contribution is 2.53. The number of ether oxygens (including phenoxy) is 3. The molecule has 1 aliphatic heterocycles. The van der Waals surface area contributed by atoms with Crippen LogP contribution in [0.2, 0.25) is 5.02 Å². The topological polar surface area (TPSA) is 94.1 Å². The molecule has 2 atom stereocenters. The standard InChI is InChI=1S/C22H18Br2ClNO6/c1-9-4-10(26-11-5-12(23)19(28)13(24)6-11)7-16(27)22(9)21(29)17-14(30-2)8-15(31-3)18(25)20(17)32-22/h5-9,26,28H,4H2,1-3H3. The van der Waals surface area contributed by atoms with Gasteiger partial charge in [-0.05, 0) is 50.4 Å². The van der Waals surface area contributed by atoms with Crippen molar-refractivity contribution in [3.63, 3.8) is 0 Å². The lowest BCUT2D eigenvalue weighted by Gasteiger charge is -2.35. The summed E-state index contributed by atoms with van der Waals surface area (Å²) < 4.78 is 17.6. The molecule has 0 fully saturated rings. The maximum Gasteiger partial charge on any atom is 0.236 e. The van der Waals surface area contributed by atoms with Crippen LogP contribution in [0.25, 0.3) is 0 Å². The van der Waals surface area contributed by atoms with Crippen molar-refractivity contribution in [1.29, 1.82) is 0 Å². The number of halogens is 3. The average Bonchev–Trinajstić information content (AvgIpc) is 3.06. The molecule has 1 spiro atoms. The molecule has 0 aromatic heterocycles. The number of fused-ring (bicyclic) bond motifs is 1. The van der Waals surface area contributed by atoms with E-state index in [9.17, 15) is 14.7 Å². The van der Waals surface area contributed by atoms with Gasteiger partial charge in [-0.1, -0.05) is 18.5 Å². The molecule has 0 saturated heterocycles. The van der Waals surface area contributed by atoms with Gasteiger partial charge in [-0.3, -0.25) is 9.59 Å². The number of rotatable bonds is 4. The van der Waals surface area contributed by atoms with E-state index in [1.54, 1.807) is 19.1 Å². The van der Waals surface area contributed by atoms with Gasteiger partial charge >= 0.3 is 0 Å². The molecular weight excluding hydrogens is 570 g/mol. The molecule has 4 rings (SSSR count). The van der Waals surface area contributed by atoms with Gasteiger partial charge < -0.3 is 24.6 Å². The zero-order valence-corrected chi connectivity index (χ0v) is 21.1. The monoisotopic (exact) mass is 585 g/mol. The number of phenolic OH excluding ortho intramolecular Hbond substituents is 1. The Bertz CT molecular complexity index is 1170. The number of phenols is 1. The van der Waals surface area contributed by atoms with Crippen molar-refractivity contribution in [3.8, 4) is 23.0 Å². The molecule has 1 aliphatic carbocycles. The first kappa shape index (κ1) is 22.9. The molecule has 0 bridgehead atoms. The summed E-state index contributed by atoms with van der Waals surface area (Å²) in [7, 11) is 2.86. The van der Waals surface area contributed by atoms with Gasteiger partial charge in [0.1, 0.15) is 27.8 Å². The number of carbonyl (C=O) groups excluding carboxylic acids is 2. The number of Topliss-reactive ketones (excluding diaryl/α,β-unsaturated/α-hetero) is 1. The number of aromatic hydroxyl groups is 1. The zero-order chi connectivity index (χ0) is 23.4. The molecule has 0 amide bonds. The van der Waals surface area contributed by atoms with Gasteiger partial charge in [-0.15, -0.1) is 0 Å². The van der Waals surface area contributed by atoms with Crippen LogP contribution in [-0.2, 0) is 4.79 Å². The number of methoxy groups -OCH3 is 2. The van der Waals surface area contributed by atoms with Crippen molar-refractivity contribution in [1.82, 2.24) is 0 Å². The summed E-state index contributed by atoms with van der Waals surface area (Å²) in [5.74, 6) is -0.812. The second-order valence-corrected chi connectivity index (χ2v) is 9.61. The van der Waals surface area contributed by atoms with E-state index < -0.39 is 23.1 Å². The summed E-state index contributed by atoms with van der Waals surface area (Å²) in [5, 5.41) is 13.2. The summed E-state index contributed by atoms with van der Waals surface area (Å²) >= 11 is 13.0. The number of hydrogen-bond donors (Lipinski definition) is 2. The summed E-state index contributed by atoms with van der Waals surface area (Å²) in [6.07, 6.45) is 1.73. The Morgan fingerprint density at radius 3 is 2.34 bits per heavy atom. The summed E-state index contributed by atoms with van der Waals surface area (Å²) in [4.78, 5) is 26.8.